The largest absolute Gasteiger partial charge is 0.382 e. The zero-order valence-electron chi connectivity index (χ0n) is 16.7. The first kappa shape index (κ1) is 22.1. The molecule has 2 aromatic rings. The summed E-state index contributed by atoms with van der Waals surface area (Å²) in [6.07, 6.45) is 0.729. The van der Waals surface area contributed by atoms with Crippen molar-refractivity contribution in [2.75, 3.05) is 38.7 Å². The molecule has 0 radical (unpaired) electrons. The fraction of sp³-hybridized carbons (Fsp3) is 0.550. The van der Waals surface area contributed by atoms with Crippen LogP contribution < -0.4 is 5.56 Å². The first-order valence-electron chi connectivity index (χ1n) is 9.79. The molecule has 1 amide bonds. The molecule has 0 bridgehead atoms. The number of ether oxygens (including phenoxy) is 2. The van der Waals surface area contributed by atoms with E-state index in [9.17, 15) is 9.59 Å². The lowest BCUT2D eigenvalue weighted by Crippen LogP contribution is -2.45. The Morgan fingerprint density at radius 1 is 1.45 bits per heavy atom. The highest BCUT2D eigenvalue weighted by Crippen LogP contribution is 2.21. The van der Waals surface area contributed by atoms with E-state index >= 15 is 0 Å². The van der Waals surface area contributed by atoms with Gasteiger partial charge in [-0.1, -0.05) is 23.4 Å². The van der Waals surface area contributed by atoms with Gasteiger partial charge in [0.25, 0.3) is 5.56 Å². The predicted molar refractivity (Wildman–Crippen MR) is 115 cm³/mol. The molecular formula is C20H26ClN3O4S. The molecule has 1 aliphatic heterocycles. The normalized spacial score (nSPS) is 17.1. The summed E-state index contributed by atoms with van der Waals surface area (Å²) in [5.41, 5.74) is 0.414. The van der Waals surface area contributed by atoms with Crippen molar-refractivity contribution in [3.05, 3.63) is 33.6 Å². The second-order valence-electron chi connectivity index (χ2n) is 6.87. The molecule has 158 valence electrons. The molecule has 0 N–H and O–H groups in total. The minimum absolute atomic E-state index is 0.0199. The molecule has 3 rings (SSSR count). The van der Waals surface area contributed by atoms with Crippen LogP contribution in [0.3, 0.4) is 0 Å². The van der Waals surface area contributed by atoms with Crippen LogP contribution in [0, 0.1) is 0 Å². The van der Waals surface area contributed by atoms with Crippen LogP contribution in [0.4, 0.5) is 0 Å². The average molecular weight is 440 g/mol. The number of thioether (sulfide) groups is 1. The van der Waals surface area contributed by atoms with Crippen LogP contribution >= 0.6 is 23.4 Å². The van der Waals surface area contributed by atoms with E-state index in [1.165, 1.54) is 11.8 Å². The number of nitrogens with zero attached hydrogens (tertiary/aromatic N) is 3. The van der Waals surface area contributed by atoms with E-state index in [2.05, 4.69) is 4.98 Å². The SMILES string of the molecule is CCOCCCn1c(SCC(=O)N2CCOC(C)C2)nc2cc(Cl)ccc2c1=O. The number of hydrogen-bond donors (Lipinski definition) is 0. The fourth-order valence-corrected chi connectivity index (χ4v) is 4.31. The van der Waals surface area contributed by atoms with Gasteiger partial charge in [0.05, 0.1) is 29.4 Å². The number of halogens is 1. The quantitative estimate of drug-likeness (QED) is 0.357. The summed E-state index contributed by atoms with van der Waals surface area (Å²) in [6.45, 7) is 7.30. The number of aromatic nitrogens is 2. The van der Waals surface area contributed by atoms with Gasteiger partial charge in [-0.15, -0.1) is 0 Å². The average Bonchev–Trinajstić information content (AvgIpc) is 2.70. The second-order valence-corrected chi connectivity index (χ2v) is 8.25. The molecule has 9 heteroatoms. The number of hydrogen-bond acceptors (Lipinski definition) is 6. The van der Waals surface area contributed by atoms with Crippen molar-refractivity contribution in [2.45, 2.75) is 38.1 Å². The Hall–Kier alpha value is -1.61. The molecule has 0 spiro atoms. The molecule has 1 aliphatic rings. The van der Waals surface area contributed by atoms with Gasteiger partial charge < -0.3 is 14.4 Å². The van der Waals surface area contributed by atoms with Gasteiger partial charge in [-0.05, 0) is 38.5 Å². The molecular weight excluding hydrogens is 414 g/mol. The summed E-state index contributed by atoms with van der Waals surface area (Å²) in [6, 6.07) is 5.06. The van der Waals surface area contributed by atoms with Crippen molar-refractivity contribution < 1.29 is 14.3 Å². The van der Waals surface area contributed by atoms with E-state index in [0.29, 0.717) is 67.0 Å². The van der Waals surface area contributed by atoms with E-state index in [1.54, 1.807) is 27.7 Å². The number of benzene rings is 1. The number of rotatable bonds is 8. The smallest absolute Gasteiger partial charge is 0.262 e. The Labute approximate surface area is 179 Å². The lowest BCUT2D eigenvalue weighted by molar-refractivity contribution is -0.135. The third-order valence-corrected chi connectivity index (χ3v) is 5.87. The van der Waals surface area contributed by atoms with Crippen molar-refractivity contribution >= 4 is 40.2 Å². The molecule has 1 aromatic heterocycles. The summed E-state index contributed by atoms with van der Waals surface area (Å²) in [5.74, 6) is 0.239. The van der Waals surface area contributed by atoms with E-state index < -0.39 is 0 Å². The summed E-state index contributed by atoms with van der Waals surface area (Å²) in [4.78, 5) is 32.1. The Kier molecular flexibility index (Phi) is 7.94. The minimum atomic E-state index is -0.127. The molecule has 1 fully saturated rings. The van der Waals surface area contributed by atoms with Gasteiger partial charge in [-0.3, -0.25) is 14.2 Å². The molecule has 29 heavy (non-hydrogen) atoms. The van der Waals surface area contributed by atoms with Gasteiger partial charge in [-0.2, -0.15) is 0 Å². The zero-order valence-corrected chi connectivity index (χ0v) is 18.3. The fourth-order valence-electron chi connectivity index (χ4n) is 3.21. The van der Waals surface area contributed by atoms with Gasteiger partial charge >= 0.3 is 0 Å². The van der Waals surface area contributed by atoms with Crippen LogP contribution in [-0.2, 0) is 20.8 Å². The summed E-state index contributed by atoms with van der Waals surface area (Å²) >= 11 is 7.36. The second kappa shape index (κ2) is 10.4. The summed E-state index contributed by atoms with van der Waals surface area (Å²) < 4.78 is 12.5. The molecule has 7 nitrogen and oxygen atoms in total. The van der Waals surface area contributed by atoms with Crippen molar-refractivity contribution in [3.8, 4) is 0 Å². The molecule has 0 saturated carbocycles. The topological polar surface area (TPSA) is 73.7 Å². The van der Waals surface area contributed by atoms with Crippen LogP contribution in [0.1, 0.15) is 20.3 Å². The third kappa shape index (κ3) is 5.72. The molecule has 2 heterocycles. The number of carbonyl (C=O) groups excluding carboxylic acids is 1. The Morgan fingerprint density at radius 3 is 3.03 bits per heavy atom. The standard InChI is InChI=1S/C20H26ClN3O4S/c1-3-27-9-4-7-24-19(26)16-6-5-15(21)11-17(16)22-20(24)29-13-18(25)23-8-10-28-14(2)12-23/h5-6,11,14H,3-4,7-10,12-13H2,1-2H3. The van der Waals surface area contributed by atoms with Crippen LogP contribution in [0.25, 0.3) is 10.9 Å². The van der Waals surface area contributed by atoms with E-state index in [-0.39, 0.29) is 23.3 Å². The van der Waals surface area contributed by atoms with Gasteiger partial charge in [-0.25, -0.2) is 4.98 Å². The lowest BCUT2D eigenvalue weighted by Gasteiger charge is -2.31. The van der Waals surface area contributed by atoms with Crippen molar-refractivity contribution in [1.82, 2.24) is 14.5 Å². The molecule has 1 atom stereocenters. The first-order chi connectivity index (χ1) is 14.0. The van der Waals surface area contributed by atoms with Crippen LogP contribution in [0.15, 0.2) is 28.2 Å². The maximum Gasteiger partial charge on any atom is 0.262 e. The van der Waals surface area contributed by atoms with Crippen molar-refractivity contribution in [1.29, 1.82) is 0 Å². The monoisotopic (exact) mass is 439 g/mol. The van der Waals surface area contributed by atoms with Gasteiger partial charge in [0.1, 0.15) is 0 Å². The van der Waals surface area contributed by atoms with Gasteiger partial charge in [0, 0.05) is 37.9 Å². The number of carbonyl (C=O) groups is 1. The van der Waals surface area contributed by atoms with E-state index in [0.717, 1.165) is 0 Å². The maximum absolute atomic E-state index is 13.0. The molecule has 1 unspecified atom stereocenters. The molecule has 0 aliphatic carbocycles. The van der Waals surface area contributed by atoms with Crippen LogP contribution in [0.2, 0.25) is 5.02 Å². The van der Waals surface area contributed by atoms with Gasteiger partial charge in [0.2, 0.25) is 5.91 Å². The number of morpholine rings is 1. The predicted octanol–water partition coefficient (Wildman–Crippen LogP) is 2.82. The zero-order chi connectivity index (χ0) is 20.8. The minimum Gasteiger partial charge on any atom is -0.382 e. The van der Waals surface area contributed by atoms with E-state index in [4.69, 9.17) is 21.1 Å². The first-order valence-corrected chi connectivity index (χ1v) is 11.2. The van der Waals surface area contributed by atoms with Crippen molar-refractivity contribution in [3.63, 3.8) is 0 Å². The number of amides is 1. The van der Waals surface area contributed by atoms with Crippen LogP contribution in [0.5, 0.6) is 0 Å². The highest BCUT2D eigenvalue weighted by Gasteiger charge is 2.22. The van der Waals surface area contributed by atoms with Gasteiger partial charge in [0.15, 0.2) is 5.16 Å². The summed E-state index contributed by atoms with van der Waals surface area (Å²) in [7, 11) is 0. The van der Waals surface area contributed by atoms with E-state index in [1.807, 2.05) is 13.8 Å². The molecule has 1 saturated heterocycles. The molecule has 1 aromatic carbocycles. The number of fused-ring (bicyclic) bond motifs is 1. The highest BCUT2D eigenvalue weighted by atomic mass is 35.5. The summed E-state index contributed by atoms with van der Waals surface area (Å²) in [5, 5.41) is 1.56. The third-order valence-electron chi connectivity index (χ3n) is 4.68. The lowest BCUT2D eigenvalue weighted by atomic mass is 10.2. The Bertz CT molecular complexity index is 920. The Morgan fingerprint density at radius 2 is 2.28 bits per heavy atom. The van der Waals surface area contributed by atoms with Crippen molar-refractivity contribution in [2.24, 2.45) is 0 Å². The highest BCUT2D eigenvalue weighted by molar-refractivity contribution is 7.99. The van der Waals surface area contributed by atoms with Crippen LogP contribution in [-0.4, -0.2) is 65.1 Å². The Balaban J connectivity index is 1.81. The maximum atomic E-state index is 13.0.